The molecule has 0 fully saturated rings. The number of aryl methyl sites for hydroxylation is 1. The van der Waals surface area contributed by atoms with Crippen molar-refractivity contribution in [1.29, 1.82) is 0 Å². The minimum Gasteiger partial charge on any atom is -0.482 e. The van der Waals surface area contributed by atoms with Gasteiger partial charge in [-0.05, 0) is 44.9 Å². The van der Waals surface area contributed by atoms with Crippen molar-refractivity contribution in [2.45, 2.75) is 33.3 Å². The van der Waals surface area contributed by atoms with E-state index in [0.29, 0.717) is 30.9 Å². The highest BCUT2D eigenvalue weighted by Gasteiger charge is 2.10. The third-order valence-electron chi connectivity index (χ3n) is 3.74. The van der Waals surface area contributed by atoms with Crippen molar-refractivity contribution in [3.8, 4) is 5.75 Å². The van der Waals surface area contributed by atoms with Gasteiger partial charge in [0.15, 0.2) is 13.2 Å². The molecular weight excluding hydrogens is 366 g/mol. The van der Waals surface area contributed by atoms with Crippen LogP contribution < -0.4 is 15.7 Å². The fourth-order valence-corrected chi connectivity index (χ4v) is 2.40. The third kappa shape index (κ3) is 7.03. The topological polar surface area (TPSA) is 104 Å². The number of nitrogens with one attached hydrogen (secondary N) is 1. The fourth-order valence-electron chi connectivity index (χ4n) is 2.40. The minimum atomic E-state index is -0.677. The van der Waals surface area contributed by atoms with E-state index in [4.69, 9.17) is 18.6 Å². The third-order valence-corrected chi connectivity index (χ3v) is 3.74. The molecule has 1 aromatic carbocycles. The van der Waals surface area contributed by atoms with Gasteiger partial charge in [0.1, 0.15) is 11.3 Å². The number of amides is 1. The molecule has 28 heavy (non-hydrogen) atoms. The molecule has 0 spiro atoms. The molecule has 1 heterocycles. The second kappa shape index (κ2) is 10.5. The number of carbonyl (C=O) groups is 2. The van der Waals surface area contributed by atoms with Crippen LogP contribution in [0.1, 0.15) is 25.8 Å². The first-order valence-corrected chi connectivity index (χ1v) is 9.06. The predicted molar refractivity (Wildman–Crippen MR) is 102 cm³/mol. The van der Waals surface area contributed by atoms with E-state index < -0.39 is 11.6 Å². The molecule has 0 aliphatic heterocycles. The first kappa shape index (κ1) is 21.4. The zero-order valence-corrected chi connectivity index (χ0v) is 16.3. The second-order valence-corrected chi connectivity index (χ2v) is 6.48. The molecule has 0 aliphatic carbocycles. The number of fused-ring (bicyclic) bond motifs is 1. The lowest BCUT2D eigenvalue weighted by Crippen LogP contribution is -2.31. The summed E-state index contributed by atoms with van der Waals surface area (Å²) in [6.07, 6.45) is 0.831. The van der Waals surface area contributed by atoms with Crippen LogP contribution in [0.4, 0.5) is 0 Å². The molecule has 1 aromatic heterocycles. The number of benzene rings is 1. The summed E-state index contributed by atoms with van der Waals surface area (Å²) in [4.78, 5) is 34.8. The standard InChI is InChI=1S/C20H25NO7/c1-13(2)25-8-4-7-21-18(22)11-27-20(24)12-26-15-5-6-16-14(3)9-19(23)28-17(16)10-15/h5-6,9-10,13H,4,7-8,11-12H2,1-3H3,(H,21,22). The maximum absolute atomic E-state index is 11.7. The van der Waals surface area contributed by atoms with Gasteiger partial charge < -0.3 is 23.9 Å². The van der Waals surface area contributed by atoms with E-state index in [9.17, 15) is 14.4 Å². The molecule has 0 atom stereocenters. The Labute approximate surface area is 162 Å². The number of ether oxygens (including phenoxy) is 3. The van der Waals surface area contributed by atoms with Gasteiger partial charge in [-0.15, -0.1) is 0 Å². The summed E-state index contributed by atoms with van der Waals surface area (Å²) in [5.74, 6) is -0.710. The zero-order chi connectivity index (χ0) is 20.5. The van der Waals surface area contributed by atoms with Crippen molar-refractivity contribution in [2.24, 2.45) is 0 Å². The summed E-state index contributed by atoms with van der Waals surface area (Å²) < 4.78 is 20.7. The first-order valence-electron chi connectivity index (χ1n) is 9.06. The van der Waals surface area contributed by atoms with Crippen molar-refractivity contribution in [3.63, 3.8) is 0 Å². The molecule has 0 aliphatic rings. The predicted octanol–water partition coefficient (Wildman–Crippen LogP) is 1.95. The van der Waals surface area contributed by atoms with Gasteiger partial charge >= 0.3 is 11.6 Å². The first-order chi connectivity index (χ1) is 13.3. The van der Waals surface area contributed by atoms with Gasteiger partial charge in [-0.1, -0.05) is 0 Å². The van der Waals surface area contributed by atoms with Gasteiger partial charge in [0, 0.05) is 30.7 Å². The van der Waals surface area contributed by atoms with Crippen LogP contribution in [0.15, 0.2) is 33.5 Å². The van der Waals surface area contributed by atoms with E-state index in [2.05, 4.69) is 5.32 Å². The Morgan fingerprint density at radius 1 is 1.18 bits per heavy atom. The Morgan fingerprint density at radius 2 is 1.96 bits per heavy atom. The van der Waals surface area contributed by atoms with Crippen molar-refractivity contribution in [1.82, 2.24) is 5.32 Å². The van der Waals surface area contributed by atoms with E-state index >= 15 is 0 Å². The van der Waals surface area contributed by atoms with E-state index in [-0.39, 0.29) is 25.2 Å². The quantitative estimate of drug-likeness (QED) is 0.375. The molecule has 0 radical (unpaired) electrons. The molecule has 8 heteroatoms. The van der Waals surface area contributed by atoms with Gasteiger partial charge in [-0.25, -0.2) is 9.59 Å². The number of esters is 1. The molecule has 2 rings (SSSR count). The summed E-state index contributed by atoms with van der Waals surface area (Å²) in [7, 11) is 0. The molecule has 2 aromatic rings. The van der Waals surface area contributed by atoms with Crippen LogP contribution in [0, 0.1) is 6.92 Å². The van der Waals surface area contributed by atoms with Gasteiger partial charge in [0.05, 0.1) is 6.10 Å². The van der Waals surface area contributed by atoms with Crippen molar-refractivity contribution in [3.05, 3.63) is 40.2 Å². The highest BCUT2D eigenvalue weighted by molar-refractivity contribution is 5.82. The largest absolute Gasteiger partial charge is 0.482 e. The highest BCUT2D eigenvalue weighted by Crippen LogP contribution is 2.22. The van der Waals surface area contributed by atoms with Gasteiger partial charge in [-0.2, -0.15) is 0 Å². The van der Waals surface area contributed by atoms with Gasteiger partial charge in [0.2, 0.25) is 0 Å². The van der Waals surface area contributed by atoms with Crippen LogP contribution in [0.25, 0.3) is 11.0 Å². The average Bonchev–Trinajstić information content (AvgIpc) is 2.63. The zero-order valence-electron chi connectivity index (χ0n) is 16.3. The van der Waals surface area contributed by atoms with Crippen LogP contribution in [-0.2, 0) is 19.1 Å². The van der Waals surface area contributed by atoms with E-state index in [1.165, 1.54) is 12.1 Å². The Hall–Kier alpha value is -2.87. The summed E-state index contributed by atoms with van der Waals surface area (Å²) in [5.41, 5.74) is 0.707. The lowest BCUT2D eigenvalue weighted by molar-refractivity contribution is -0.150. The van der Waals surface area contributed by atoms with Gasteiger partial charge in [-0.3, -0.25) is 4.79 Å². The van der Waals surface area contributed by atoms with E-state index in [1.807, 2.05) is 13.8 Å². The highest BCUT2D eigenvalue weighted by atomic mass is 16.6. The summed E-state index contributed by atoms with van der Waals surface area (Å²) in [6.45, 7) is 5.94. The van der Waals surface area contributed by atoms with Crippen LogP contribution >= 0.6 is 0 Å². The maximum Gasteiger partial charge on any atom is 0.344 e. The smallest absolute Gasteiger partial charge is 0.344 e. The van der Waals surface area contributed by atoms with Crippen molar-refractivity contribution >= 4 is 22.8 Å². The Balaban J connectivity index is 1.71. The Morgan fingerprint density at radius 3 is 2.71 bits per heavy atom. The maximum atomic E-state index is 11.7. The second-order valence-electron chi connectivity index (χ2n) is 6.48. The molecule has 0 saturated heterocycles. The van der Waals surface area contributed by atoms with Crippen LogP contribution in [0.2, 0.25) is 0 Å². The lowest BCUT2D eigenvalue weighted by Gasteiger charge is -2.09. The minimum absolute atomic E-state index is 0.152. The number of rotatable bonds is 10. The molecule has 1 N–H and O–H groups in total. The molecule has 8 nitrogen and oxygen atoms in total. The molecular formula is C20H25NO7. The van der Waals surface area contributed by atoms with Crippen LogP contribution in [0.3, 0.4) is 0 Å². The monoisotopic (exact) mass is 391 g/mol. The van der Waals surface area contributed by atoms with Crippen LogP contribution in [0.5, 0.6) is 5.75 Å². The van der Waals surface area contributed by atoms with Crippen molar-refractivity contribution in [2.75, 3.05) is 26.4 Å². The molecule has 152 valence electrons. The van der Waals surface area contributed by atoms with E-state index in [0.717, 1.165) is 10.9 Å². The summed E-state index contributed by atoms with van der Waals surface area (Å²) >= 11 is 0. The fraction of sp³-hybridized carbons (Fsp3) is 0.450. The molecule has 1 amide bonds. The lowest BCUT2D eigenvalue weighted by atomic mass is 10.1. The summed E-state index contributed by atoms with van der Waals surface area (Å²) in [5, 5.41) is 3.42. The average molecular weight is 391 g/mol. The normalized spacial score (nSPS) is 10.9. The number of hydrogen-bond donors (Lipinski definition) is 1. The molecule has 0 unspecified atom stereocenters. The molecule has 0 bridgehead atoms. The number of carbonyl (C=O) groups excluding carboxylic acids is 2. The van der Waals surface area contributed by atoms with Crippen LogP contribution in [-0.4, -0.2) is 44.3 Å². The molecule has 0 saturated carbocycles. The van der Waals surface area contributed by atoms with E-state index in [1.54, 1.807) is 19.1 Å². The Bertz CT molecular complexity index is 872. The SMILES string of the molecule is Cc1cc(=O)oc2cc(OCC(=O)OCC(=O)NCCCOC(C)C)ccc12. The Kier molecular flexibility index (Phi) is 8.01. The van der Waals surface area contributed by atoms with Gasteiger partial charge in [0.25, 0.3) is 5.91 Å². The summed E-state index contributed by atoms with van der Waals surface area (Å²) in [6, 6.07) is 6.34. The number of hydrogen-bond acceptors (Lipinski definition) is 7. The van der Waals surface area contributed by atoms with Crippen molar-refractivity contribution < 1.29 is 28.2 Å².